The van der Waals surface area contributed by atoms with Gasteiger partial charge in [-0.15, -0.1) is 0 Å². The Morgan fingerprint density at radius 3 is 2.68 bits per heavy atom. The monoisotopic (exact) mass is 410 g/mol. The molecule has 6 rings (SSSR count). The Bertz CT molecular complexity index is 1490. The van der Waals surface area contributed by atoms with Gasteiger partial charge in [-0.05, 0) is 74.2 Å². The highest BCUT2D eigenvalue weighted by molar-refractivity contribution is 6.08. The van der Waals surface area contributed by atoms with Crippen molar-refractivity contribution in [3.05, 3.63) is 60.3 Å². The van der Waals surface area contributed by atoms with Gasteiger partial charge in [-0.2, -0.15) is 0 Å². The van der Waals surface area contributed by atoms with Crippen LogP contribution in [0.1, 0.15) is 30.1 Å². The van der Waals surface area contributed by atoms with Gasteiger partial charge in [0.15, 0.2) is 0 Å². The van der Waals surface area contributed by atoms with Gasteiger partial charge in [0.05, 0.1) is 22.1 Å². The largest absolute Gasteiger partial charge is 0.478 e. The summed E-state index contributed by atoms with van der Waals surface area (Å²) >= 11 is 0. The number of aryl methyl sites for hydroxylation is 1. The van der Waals surface area contributed by atoms with Crippen LogP contribution in [-0.4, -0.2) is 30.2 Å². The van der Waals surface area contributed by atoms with E-state index in [4.69, 9.17) is 4.98 Å². The molecule has 1 aliphatic rings. The van der Waals surface area contributed by atoms with E-state index in [9.17, 15) is 9.90 Å². The highest BCUT2D eigenvalue weighted by Crippen LogP contribution is 2.36. The highest BCUT2D eigenvalue weighted by atomic mass is 16.4. The number of imidazole rings is 1. The first-order valence-electron chi connectivity index (χ1n) is 10.7. The first kappa shape index (κ1) is 18.1. The molecule has 1 N–H and O–H groups in total. The van der Waals surface area contributed by atoms with Crippen LogP contribution in [-0.2, 0) is 13.1 Å². The summed E-state index contributed by atoms with van der Waals surface area (Å²) in [5.74, 6) is 0.638. The van der Waals surface area contributed by atoms with Gasteiger partial charge in [-0.25, -0.2) is 14.8 Å². The fourth-order valence-electron chi connectivity index (χ4n) is 4.61. The first-order chi connectivity index (χ1) is 15.1. The Balaban J connectivity index is 1.60. The molecule has 1 aliphatic carbocycles. The van der Waals surface area contributed by atoms with Crippen molar-refractivity contribution in [2.24, 2.45) is 5.92 Å². The molecule has 0 aliphatic heterocycles. The van der Waals surface area contributed by atoms with Gasteiger partial charge in [-0.3, -0.25) is 0 Å². The molecule has 0 bridgehead atoms. The maximum atomic E-state index is 11.5. The topological polar surface area (TPSA) is 72.9 Å². The lowest BCUT2D eigenvalue weighted by Gasteiger charge is -2.09. The summed E-state index contributed by atoms with van der Waals surface area (Å²) < 4.78 is 4.50. The molecule has 0 spiro atoms. The molecule has 6 heteroatoms. The van der Waals surface area contributed by atoms with Gasteiger partial charge in [0.1, 0.15) is 11.5 Å². The summed E-state index contributed by atoms with van der Waals surface area (Å²) in [6, 6.07) is 15.8. The van der Waals surface area contributed by atoms with Gasteiger partial charge < -0.3 is 14.2 Å². The molecule has 1 fully saturated rings. The van der Waals surface area contributed by atoms with Crippen molar-refractivity contribution < 1.29 is 9.90 Å². The van der Waals surface area contributed by atoms with E-state index in [2.05, 4.69) is 45.3 Å². The normalized spacial score (nSPS) is 14.1. The Hall–Kier alpha value is -3.67. The third-order valence-corrected chi connectivity index (χ3v) is 6.33. The quantitative estimate of drug-likeness (QED) is 0.425. The Kier molecular flexibility index (Phi) is 3.90. The molecule has 2 aromatic carbocycles. The number of aromatic nitrogens is 4. The third-order valence-electron chi connectivity index (χ3n) is 6.33. The second kappa shape index (κ2) is 6.67. The van der Waals surface area contributed by atoms with Crippen LogP contribution in [0, 0.1) is 5.92 Å². The Morgan fingerprint density at radius 1 is 1.06 bits per heavy atom. The van der Waals surface area contributed by atoms with Crippen LogP contribution in [0.4, 0.5) is 0 Å². The number of hydrogen-bond acceptors (Lipinski definition) is 3. The van der Waals surface area contributed by atoms with Crippen LogP contribution >= 0.6 is 0 Å². The van der Waals surface area contributed by atoms with Gasteiger partial charge >= 0.3 is 5.97 Å². The maximum Gasteiger partial charge on any atom is 0.335 e. The third kappa shape index (κ3) is 2.82. The molecule has 154 valence electrons. The van der Waals surface area contributed by atoms with E-state index in [0.717, 1.165) is 52.1 Å². The lowest BCUT2D eigenvalue weighted by molar-refractivity contribution is 0.0697. The summed E-state index contributed by atoms with van der Waals surface area (Å²) in [7, 11) is 0. The summed E-state index contributed by atoms with van der Waals surface area (Å²) in [6.45, 7) is 3.90. The lowest BCUT2D eigenvalue weighted by atomic mass is 10.1. The average molecular weight is 410 g/mol. The second-order valence-electron chi connectivity index (χ2n) is 8.35. The van der Waals surface area contributed by atoms with Crippen molar-refractivity contribution in [1.82, 2.24) is 19.1 Å². The van der Waals surface area contributed by atoms with E-state index in [-0.39, 0.29) is 5.56 Å². The van der Waals surface area contributed by atoms with Crippen LogP contribution in [0.15, 0.2) is 54.7 Å². The van der Waals surface area contributed by atoms with Crippen LogP contribution in [0.3, 0.4) is 0 Å². The smallest absolute Gasteiger partial charge is 0.335 e. The number of benzene rings is 2. The molecule has 3 heterocycles. The zero-order chi connectivity index (χ0) is 21.1. The molecular formula is C25H22N4O2. The van der Waals surface area contributed by atoms with Crippen LogP contribution in [0.2, 0.25) is 0 Å². The zero-order valence-corrected chi connectivity index (χ0v) is 17.2. The summed E-state index contributed by atoms with van der Waals surface area (Å²) in [5, 5.41) is 11.7. The number of pyridine rings is 1. The zero-order valence-electron chi connectivity index (χ0n) is 17.2. The standard InChI is InChI=1S/C25H22N4O2/c1-2-28-21-9-7-16(12-19(21)18-4-3-11-26-24(18)28)23-27-20-13-17(25(30)31)8-10-22(20)29(23)14-15-5-6-15/h3-4,7-13,15H,2,5-6,14H2,1H3,(H,30,31). The number of hydrogen-bond donors (Lipinski definition) is 1. The predicted octanol–water partition coefficient (Wildman–Crippen LogP) is 5.33. The molecule has 0 radical (unpaired) electrons. The molecule has 0 amide bonds. The van der Waals surface area contributed by atoms with E-state index in [1.165, 1.54) is 18.2 Å². The molecule has 0 atom stereocenters. The van der Waals surface area contributed by atoms with Crippen LogP contribution < -0.4 is 0 Å². The first-order valence-corrected chi connectivity index (χ1v) is 10.7. The van der Waals surface area contributed by atoms with Gasteiger partial charge in [0.2, 0.25) is 0 Å². The second-order valence-corrected chi connectivity index (χ2v) is 8.35. The SMILES string of the molecule is CCn1c2ccc(-c3nc4cc(C(=O)O)ccc4n3CC3CC3)cc2c2cccnc21. The molecule has 0 saturated heterocycles. The molecule has 0 unspecified atom stereocenters. The molecule has 3 aromatic heterocycles. The van der Waals surface area contributed by atoms with Crippen molar-refractivity contribution in [3.8, 4) is 11.4 Å². The number of nitrogens with zero attached hydrogens (tertiary/aromatic N) is 4. The number of carboxylic acid groups (broad SMARTS) is 1. The fourth-order valence-corrected chi connectivity index (χ4v) is 4.61. The van der Waals surface area contributed by atoms with E-state index in [1.807, 2.05) is 18.3 Å². The average Bonchev–Trinajstić information content (AvgIpc) is 3.46. The van der Waals surface area contributed by atoms with E-state index in [1.54, 1.807) is 12.1 Å². The number of fused-ring (bicyclic) bond motifs is 4. The number of carbonyl (C=O) groups is 1. The van der Waals surface area contributed by atoms with E-state index < -0.39 is 5.97 Å². The summed E-state index contributed by atoms with van der Waals surface area (Å²) in [4.78, 5) is 21.0. The maximum absolute atomic E-state index is 11.5. The van der Waals surface area contributed by atoms with Crippen molar-refractivity contribution in [3.63, 3.8) is 0 Å². The molecular weight excluding hydrogens is 388 g/mol. The minimum atomic E-state index is -0.929. The minimum Gasteiger partial charge on any atom is -0.478 e. The van der Waals surface area contributed by atoms with E-state index in [0.29, 0.717) is 5.92 Å². The van der Waals surface area contributed by atoms with Crippen LogP contribution in [0.5, 0.6) is 0 Å². The van der Waals surface area contributed by atoms with Crippen molar-refractivity contribution in [1.29, 1.82) is 0 Å². The fraction of sp³-hybridized carbons (Fsp3) is 0.240. The number of aromatic carboxylic acids is 1. The molecule has 1 saturated carbocycles. The van der Waals surface area contributed by atoms with Gasteiger partial charge in [-0.1, -0.05) is 0 Å². The van der Waals surface area contributed by atoms with E-state index >= 15 is 0 Å². The highest BCUT2D eigenvalue weighted by Gasteiger charge is 2.25. The predicted molar refractivity (Wildman–Crippen MR) is 121 cm³/mol. The van der Waals surface area contributed by atoms with Crippen molar-refractivity contribution >= 4 is 38.9 Å². The van der Waals surface area contributed by atoms with Gasteiger partial charge in [0, 0.05) is 35.6 Å². The van der Waals surface area contributed by atoms with Gasteiger partial charge in [0.25, 0.3) is 0 Å². The summed E-state index contributed by atoms with van der Waals surface area (Å²) in [5.41, 5.74) is 5.19. The molecule has 31 heavy (non-hydrogen) atoms. The number of rotatable bonds is 5. The lowest BCUT2D eigenvalue weighted by Crippen LogP contribution is -2.02. The minimum absolute atomic E-state index is 0.266. The molecule has 6 nitrogen and oxygen atoms in total. The van der Waals surface area contributed by atoms with Crippen LogP contribution in [0.25, 0.3) is 44.4 Å². The van der Waals surface area contributed by atoms with Crippen molar-refractivity contribution in [2.45, 2.75) is 32.9 Å². The Morgan fingerprint density at radius 2 is 1.90 bits per heavy atom. The molecule has 5 aromatic rings. The number of carboxylic acids is 1. The summed E-state index contributed by atoms with van der Waals surface area (Å²) in [6.07, 6.45) is 4.31. The van der Waals surface area contributed by atoms with Crippen molar-refractivity contribution in [2.75, 3.05) is 0 Å². The Labute approximate surface area is 178 Å².